The number of hydrogen-bond acceptors (Lipinski definition) is 5. The first kappa shape index (κ1) is 17.0. The summed E-state index contributed by atoms with van der Waals surface area (Å²) >= 11 is 2.71. The lowest BCUT2D eigenvalue weighted by atomic mass is 10.2. The second-order valence-corrected chi connectivity index (χ2v) is 7.87. The number of nitrogens with one attached hydrogen (secondary N) is 1. The van der Waals surface area contributed by atoms with Crippen molar-refractivity contribution in [1.29, 1.82) is 0 Å². The predicted octanol–water partition coefficient (Wildman–Crippen LogP) is 2.69. The molecule has 1 aromatic carbocycles. The smallest absolute Gasteiger partial charge is 0.267 e. The molecule has 1 amide bonds. The minimum atomic E-state index is -0.482. The third-order valence-electron chi connectivity index (χ3n) is 3.56. The number of para-hydroxylation sites is 1. The van der Waals surface area contributed by atoms with Gasteiger partial charge >= 0.3 is 0 Å². The van der Waals surface area contributed by atoms with Gasteiger partial charge in [0.2, 0.25) is 5.91 Å². The molecular weight excluding hydrogens is 349 g/mol. The van der Waals surface area contributed by atoms with E-state index in [1.807, 2.05) is 0 Å². The number of carbonyl (C=O) groups excluding carboxylic acids is 1. The molecule has 0 spiro atoms. The lowest BCUT2D eigenvalue weighted by Gasteiger charge is -2.09. The fourth-order valence-electron chi connectivity index (χ4n) is 2.38. The summed E-state index contributed by atoms with van der Waals surface area (Å²) < 4.78 is 15.0. The number of rotatable bonds is 4. The van der Waals surface area contributed by atoms with Crippen molar-refractivity contribution >= 4 is 35.1 Å². The average Bonchev–Trinajstić information content (AvgIpc) is 2.92. The van der Waals surface area contributed by atoms with Crippen LogP contribution in [0.25, 0.3) is 0 Å². The molecule has 2 aromatic rings. The van der Waals surface area contributed by atoms with Crippen molar-refractivity contribution in [1.82, 2.24) is 9.55 Å². The molecule has 1 atom stereocenters. The standard InChI is InChI=1S/C16H16FN3O2S2/c1-9-7-12-14(24-9)15(22)20(2)16(19-12)23-8-13(21)18-11-6-4-3-5-10(11)17/h3-6,9H,7-8H2,1-2H3,(H,18,21)/t9-/m0/s1. The number of amides is 1. The van der Waals surface area contributed by atoms with Crippen LogP contribution in [0.3, 0.4) is 0 Å². The van der Waals surface area contributed by atoms with Crippen molar-refractivity contribution in [3.8, 4) is 0 Å². The Bertz CT molecular complexity index is 854. The topological polar surface area (TPSA) is 64.0 Å². The third kappa shape index (κ3) is 3.49. The van der Waals surface area contributed by atoms with Gasteiger partial charge in [0.25, 0.3) is 5.56 Å². The van der Waals surface area contributed by atoms with Crippen molar-refractivity contribution in [3.63, 3.8) is 0 Å². The first-order valence-corrected chi connectivity index (χ1v) is 9.26. The van der Waals surface area contributed by atoms with E-state index in [2.05, 4.69) is 17.2 Å². The van der Waals surface area contributed by atoms with Gasteiger partial charge in [0, 0.05) is 18.7 Å². The van der Waals surface area contributed by atoms with Crippen molar-refractivity contribution in [3.05, 3.63) is 46.1 Å². The Hall–Kier alpha value is -1.80. The van der Waals surface area contributed by atoms with Crippen LogP contribution in [0.15, 0.2) is 39.1 Å². The molecule has 24 heavy (non-hydrogen) atoms. The summed E-state index contributed by atoms with van der Waals surface area (Å²) in [6.07, 6.45) is 0.755. The zero-order chi connectivity index (χ0) is 17.3. The molecule has 0 aliphatic carbocycles. The molecule has 0 radical (unpaired) electrons. The number of aromatic nitrogens is 2. The lowest BCUT2D eigenvalue weighted by molar-refractivity contribution is -0.113. The van der Waals surface area contributed by atoms with Gasteiger partial charge in [0.15, 0.2) is 5.16 Å². The molecule has 0 bridgehead atoms. The maximum atomic E-state index is 13.5. The Morgan fingerprint density at radius 1 is 1.50 bits per heavy atom. The predicted molar refractivity (Wildman–Crippen MR) is 94.3 cm³/mol. The van der Waals surface area contributed by atoms with Gasteiger partial charge in [-0.15, -0.1) is 11.8 Å². The van der Waals surface area contributed by atoms with E-state index in [9.17, 15) is 14.0 Å². The lowest BCUT2D eigenvalue weighted by Crippen LogP contribution is -2.23. The fourth-order valence-corrected chi connectivity index (χ4v) is 4.31. The van der Waals surface area contributed by atoms with Crippen LogP contribution in [0.5, 0.6) is 0 Å². The van der Waals surface area contributed by atoms with Gasteiger partial charge in [-0.1, -0.05) is 30.8 Å². The molecular formula is C16H16FN3O2S2. The molecule has 5 nitrogen and oxygen atoms in total. The maximum Gasteiger partial charge on any atom is 0.267 e. The van der Waals surface area contributed by atoms with Crippen LogP contribution in [0.2, 0.25) is 0 Å². The summed E-state index contributed by atoms with van der Waals surface area (Å²) in [4.78, 5) is 29.6. The van der Waals surface area contributed by atoms with E-state index in [0.717, 1.165) is 12.1 Å². The Labute approximate surface area is 147 Å². The summed E-state index contributed by atoms with van der Waals surface area (Å²) in [5, 5.41) is 3.35. The minimum Gasteiger partial charge on any atom is -0.323 e. The monoisotopic (exact) mass is 365 g/mol. The van der Waals surface area contributed by atoms with Gasteiger partial charge in [-0.3, -0.25) is 14.2 Å². The highest BCUT2D eigenvalue weighted by Gasteiger charge is 2.25. The number of hydrogen-bond donors (Lipinski definition) is 1. The summed E-state index contributed by atoms with van der Waals surface area (Å²) in [7, 11) is 1.65. The third-order valence-corrected chi connectivity index (χ3v) is 5.80. The number of halogens is 1. The first-order valence-electron chi connectivity index (χ1n) is 7.39. The Kier molecular flexibility index (Phi) is 4.96. The normalized spacial score (nSPS) is 16.0. The van der Waals surface area contributed by atoms with E-state index < -0.39 is 5.82 Å². The molecule has 0 saturated heterocycles. The van der Waals surface area contributed by atoms with E-state index in [1.54, 1.807) is 30.9 Å². The molecule has 126 valence electrons. The maximum absolute atomic E-state index is 13.5. The molecule has 2 heterocycles. The molecule has 1 N–H and O–H groups in total. The summed E-state index contributed by atoms with van der Waals surface area (Å²) in [5.41, 5.74) is 0.864. The Balaban J connectivity index is 1.70. The van der Waals surface area contributed by atoms with Crippen molar-refractivity contribution in [2.75, 3.05) is 11.1 Å². The number of nitrogens with zero attached hydrogens (tertiary/aromatic N) is 2. The number of thioether (sulfide) groups is 2. The van der Waals surface area contributed by atoms with Crippen LogP contribution in [0.1, 0.15) is 12.6 Å². The Morgan fingerprint density at radius 3 is 3.00 bits per heavy atom. The van der Waals surface area contributed by atoms with Crippen LogP contribution < -0.4 is 10.9 Å². The van der Waals surface area contributed by atoms with Crippen LogP contribution in [-0.2, 0) is 18.3 Å². The molecule has 3 rings (SSSR count). The van der Waals surface area contributed by atoms with Gasteiger partial charge in [0.1, 0.15) is 5.82 Å². The van der Waals surface area contributed by atoms with Gasteiger partial charge in [-0.25, -0.2) is 9.37 Å². The van der Waals surface area contributed by atoms with E-state index in [1.165, 1.54) is 28.5 Å². The van der Waals surface area contributed by atoms with Crippen LogP contribution in [0.4, 0.5) is 10.1 Å². The second-order valence-electron chi connectivity index (χ2n) is 5.48. The van der Waals surface area contributed by atoms with Crippen LogP contribution in [0, 0.1) is 5.82 Å². The van der Waals surface area contributed by atoms with E-state index in [0.29, 0.717) is 15.3 Å². The molecule has 8 heteroatoms. The highest BCUT2D eigenvalue weighted by atomic mass is 32.2. The summed E-state index contributed by atoms with van der Waals surface area (Å²) in [6.45, 7) is 2.06. The van der Waals surface area contributed by atoms with Gasteiger partial charge in [-0.2, -0.15) is 0 Å². The molecule has 0 saturated carbocycles. The van der Waals surface area contributed by atoms with Gasteiger partial charge in [0.05, 0.1) is 22.0 Å². The zero-order valence-electron chi connectivity index (χ0n) is 13.2. The van der Waals surface area contributed by atoms with Crippen molar-refractivity contribution < 1.29 is 9.18 Å². The van der Waals surface area contributed by atoms with Crippen molar-refractivity contribution in [2.45, 2.75) is 28.6 Å². The van der Waals surface area contributed by atoms with E-state index in [-0.39, 0.29) is 22.9 Å². The van der Waals surface area contributed by atoms with E-state index >= 15 is 0 Å². The second kappa shape index (κ2) is 6.98. The summed E-state index contributed by atoms with van der Waals surface area (Å²) in [5.74, 6) is -0.775. The highest BCUT2D eigenvalue weighted by molar-refractivity contribution is 8.00. The summed E-state index contributed by atoms with van der Waals surface area (Å²) in [6, 6.07) is 5.99. The largest absolute Gasteiger partial charge is 0.323 e. The fraction of sp³-hybridized carbons (Fsp3) is 0.312. The van der Waals surface area contributed by atoms with Gasteiger partial charge < -0.3 is 5.32 Å². The molecule has 1 aliphatic heterocycles. The molecule has 1 aromatic heterocycles. The molecule has 0 unspecified atom stereocenters. The van der Waals surface area contributed by atoms with Gasteiger partial charge in [-0.05, 0) is 12.1 Å². The van der Waals surface area contributed by atoms with Crippen LogP contribution >= 0.6 is 23.5 Å². The number of fused-ring (bicyclic) bond motifs is 1. The highest BCUT2D eigenvalue weighted by Crippen LogP contribution is 2.33. The number of carbonyl (C=O) groups is 1. The SMILES string of the molecule is C[C@H]1Cc2nc(SCC(=O)Nc3ccccc3F)n(C)c(=O)c2S1. The minimum absolute atomic E-state index is 0.0517. The zero-order valence-corrected chi connectivity index (χ0v) is 14.8. The number of anilines is 1. The molecule has 1 aliphatic rings. The van der Waals surface area contributed by atoms with E-state index in [4.69, 9.17) is 0 Å². The van der Waals surface area contributed by atoms with Crippen LogP contribution in [-0.4, -0.2) is 26.5 Å². The first-order chi connectivity index (χ1) is 11.5. The quantitative estimate of drug-likeness (QED) is 0.667. The Morgan fingerprint density at radius 2 is 2.25 bits per heavy atom. The van der Waals surface area contributed by atoms with Crippen molar-refractivity contribution in [2.24, 2.45) is 7.05 Å². The average molecular weight is 365 g/mol. The number of benzene rings is 1. The molecule has 0 fully saturated rings.